The molecule has 0 spiro atoms. The number of hydrogen-bond acceptors (Lipinski definition) is 1. The molecule has 1 nitrogen and oxygen atoms in total. The molecule has 0 aliphatic rings. The standard InChI is InChI=1S/C11H23N/c1-5-6-8-11(2,3)9-7-10-12-4/h4-10H2,1-3H3. The topological polar surface area (TPSA) is 12.4 Å². The van der Waals surface area contributed by atoms with Crippen molar-refractivity contribution in [2.75, 3.05) is 6.54 Å². The third kappa shape index (κ3) is 6.38. The highest BCUT2D eigenvalue weighted by molar-refractivity contribution is 5.22. The van der Waals surface area contributed by atoms with Gasteiger partial charge in [-0.1, -0.05) is 33.6 Å². The molecule has 0 aromatic carbocycles. The van der Waals surface area contributed by atoms with E-state index in [4.69, 9.17) is 0 Å². The summed E-state index contributed by atoms with van der Waals surface area (Å²) in [6.45, 7) is 11.4. The minimum Gasteiger partial charge on any atom is -0.301 e. The van der Waals surface area contributed by atoms with Gasteiger partial charge < -0.3 is 4.99 Å². The highest BCUT2D eigenvalue weighted by atomic mass is 14.7. The predicted octanol–water partition coefficient (Wildman–Crippen LogP) is 3.68. The lowest BCUT2D eigenvalue weighted by Crippen LogP contribution is -2.11. The molecule has 0 fully saturated rings. The van der Waals surface area contributed by atoms with Crippen molar-refractivity contribution < 1.29 is 0 Å². The summed E-state index contributed by atoms with van der Waals surface area (Å²) in [5.41, 5.74) is 0.515. The van der Waals surface area contributed by atoms with Crippen LogP contribution in [0.2, 0.25) is 0 Å². The minimum absolute atomic E-state index is 0.515. The van der Waals surface area contributed by atoms with Gasteiger partial charge in [-0.15, -0.1) is 0 Å². The lowest BCUT2D eigenvalue weighted by molar-refractivity contribution is 0.292. The van der Waals surface area contributed by atoms with Crippen LogP contribution in [0.3, 0.4) is 0 Å². The number of rotatable bonds is 7. The Morgan fingerprint density at radius 2 is 1.75 bits per heavy atom. The zero-order valence-electron chi connectivity index (χ0n) is 8.90. The van der Waals surface area contributed by atoms with Crippen molar-refractivity contribution in [2.45, 2.75) is 52.9 Å². The average molecular weight is 169 g/mol. The van der Waals surface area contributed by atoms with Gasteiger partial charge in [0.2, 0.25) is 0 Å². The van der Waals surface area contributed by atoms with E-state index in [-0.39, 0.29) is 0 Å². The van der Waals surface area contributed by atoms with Crippen molar-refractivity contribution in [3.8, 4) is 0 Å². The van der Waals surface area contributed by atoms with E-state index < -0.39 is 0 Å². The average Bonchev–Trinajstić information content (AvgIpc) is 2.01. The number of nitrogens with zero attached hydrogens (tertiary/aromatic N) is 1. The second kappa shape index (κ2) is 6.22. The highest BCUT2D eigenvalue weighted by Gasteiger charge is 2.15. The molecule has 0 atom stereocenters. The summed E-state index contributed by atoms with van der Waals surface area (Å²) in [5.74, 6) is 0. The Morgan fingerprint density at radius 3 is 2.25 bits per heavy atom. The van der Waals surface area contributed by atoms with Crippen LogP contribution in [0.1, 0.15) is 52.9 Å². The highest BCUT2D eigenvalue weighted by Crippen LogP contribution is 2.28. The van der Waals surface area contributed by atoms with Crippen LogP contribution in [-0.2, 0) is 0 Å². The maximum absolute atomic E-state index is 3.87. The SMILES string of the molecule is C=NCCCC(C)(C)CCCC. The zero-order valence-corrected chi connectivity index (χ0v) is 8.90. The molecule has 0 aliphatic heterocycles. The molecule has 0 bridgehead atoms. The Hall–Kier alpha value is -0.330. The Bertz CT molecular complexity index is 116. The molecule has 0 aliphatic carbocycles. The molecule has 0 saturated carbocycles. The number of aliphatic imine (C=N–C) groups is 1. The molecule has 72 valence electrons. The van der Waals surface area contributed by atoms with Crippen LogP contribution in [0.5, 0.6) is 0 Å². The van der Waals surface area contributed by atoms with Crippen molar-refractivity contribution in [1.29, 1.82) is 0 Å². The molecule has 0 unspecified atom stereocenters. The van der Waals surface area contributed by atoms with Crippen LogP contribution in [0.25, 0.3) is 0 Å². The summed E-state index contributed by atoms with van der Waals surface area (Å²) < 4.78 is 0. The molecule has 0 amide bonds. The first-order valence-electron chi connectivity index (χ1n) is 5.05. The van der Waals surface area contributed by atoms with Gasteiger partial charge in [-0.3, -0.25) is 0 Å². The molecule has 0 heterocycles. The molecule has 12 heavy (non-hydrogen) atoms. The molecule has 0 radical (unpaired) electrons. The van der Waals surface area contributed by atoms with Gasteiger partial charge >= 0.3 is 0 Å². The largest absolute Gasteiger partial charge is 0.301 e. The zero-order chi connectivity index (χ0) is 9.45. The van der Waals surface area contributed by atoms with Crippen LogP contribution in [-0.4, -0.2) is 13.3 Å². The fourth-order valence-corrected chi connectivity index (χ4v) is 1.45. The minimum atomic E-state index is 0.515. The van der Waals surface area contributed by atoms with Gasteiger partial charge in [0.15, 0.2) is 0 Å². The van der Waals surface area contributed by atoms with E-state index in [1.165, 1.54) is 32.1 Å². The van der Waals surface area contributed by atoms with E-state index in [1.54, 1.807) is 0 Å². The smallest absolute Gasteiger partial charge is 0.0382 e. The molecule has 0 N–H and O–H groups in total. The van der Waals surface area contributed by atoms with E-state index >= 15 is 0 Å². The van der Waals surface area contributed by atoms with Gasteiger partial charge in [0.1, 0.15) is 0 Å². The van der Waals surface area contributed by atoms with Crippen molar-refractivity contribution >= 4 is 6.72 Å². The summed E-state index contributed by atoms with van der Waals surface area (Å²) in [6.07, 6.45) is 6.49. The van der Waals surface area contributed by atoms with Gasteiger partial charge in [-0.2, -0.15) is 0 Å². The third-order valence-electron chi connectivity index (χ3n) is 2.38. The summed E-state index contributed by atoms with van der Waals surface area (Å²) in [7, 11) is 0. The summed E-state index contributed by atoms with van der Waals surface area (Å²) in [4.78, 5) is 3.87. The normalized spacial score (nSPS) is 11.6. The van der Waals surface area contributed by atoms with E-state index in [1.807, 2.05) is 0 Å². The first-order chi connectivity index (χ1) is 5.62. The summed E-state index contributed by atoms with van der Waals surface area (Å²) in [5, 5.41) is 0. The molecular formula is C11H23N. The molecule has 0 aromatic heterocycles. The predicted molar refractivity (Wildman–Crippen MR) is 57.0 cm³/mol. The number of hydrogen-bond donors (Lipinski definition) is 0. The van der Waals surface area contributed by atoms with E-state index in [0.717, 1.165) is 6.54 Å². The van der Waals surface area contributed by atoms with Crippen molar-refractivity contribution in [1.82, 2.24) is 0 Å². The summed E-state index contributed by atoms with van der Waals surface area (Å²) >= 11 is 0. The van der Waals surface area contributed by atoms with Gasteiger partial charge in [-0.25, -0.2) is 0 Å². The number of unbranched alkanes of at least 4 members (excludes halogenated alkanes) is 1. The first-order valence-corrected chi connectivity index (χ1v) is 5.05. The molecule has 0 aromatic rings. The monoisotopic (exact) mass is 169 g/mol. The Morgan fingerprint density at radius 1 is 1.17 bits per heavy atom. The van der Waals surface area contributed by atoms with Gasteiger partial charge in [0.05, 0.1) is 0 Å². The first kappa shape index (κ1) is 11.7. The maximum Gasteiger partial charge on any atom is 0.0382 e. The van der Waals surface area contributed by atoms with Crippen molar-refractivity contribution in [3.05, 3.63) is 0 Å². The van der Waals surface area contributed by atoms with Crippen LogP contribution in [0.15, 0.2) is 4.99 Å². The fraction of sp³-hybridized carbons (Fsp3) is 0.909. The van der Waals surface area contributed by atoms with Gasteiger partial charge in [-0.05, 0) is 31.4 Å². The Balaban J connectivity index is 3.48. The van der Waals surface area contributed by atoms with Gasteiger partial charge in [0.25, 0.3) is 0 Å². The lowest BCUT2D eigenvalue weighted by atomic mass is 9.83. The van der Waals surface area contributed by atoms with Crippen molar-refractivity contribution in [3.63, 3.8) is 0 Å². The van der Waals surface area contributed by atoms with Crippen molar-refractivity contribution in [2.24, 2.45) is 10.4 Å². The maximum atomic E-state index is 3.87. The Kier molecular flexibility index (Phi) is 6.04. The van der Waals surface area contributed by atoms with Crippen LogP contribution in [0.4, 0.5) is 0 Å². The molecule has 0 rings (SSSR count). The molecular weight excluding hydrogens is 146 g/mol. The van der Waals surface area contributed by atoms with Crippen LogP contribution in [0, 0.1) is 5.41 Å². The van der Waals surface area contributed by atoms with Crippen LogP contribution < -0.4 is 0 Å². The fourth-order valence-electron chi connectivity index (χ4n) is 1.45. The summed E-state index contributed by atoms with van der Waals surface area (Å²) in [6, 6.07) is 0. The third-order valence-corrected chi connectivity index (χ3v) is 2.38. The lowest BCUT2D eigenvalue weighted by Gasteiger charge is -2.23. The second-order valence-corrected chi connectivity index (χ2v) is 4.32. The van der Waals surface area contributed by atoms with Gasteiger partial charge in [0, 0.05) is 6.54 Å². The van der Waals surface area contributed by atoms with E-state index in [0.29, 0.717) is 5.41 Å². The quantitative estimate of drug-likeness (QED) is 0.407. The van der Waals surface area contributed by atoms with E-state index in [2.05, 4.69) is 32.5 Å². The second-order valence-electron chi connectivity index (χ2n) is 4.32. The molecule has 0 saturated heterocycles. The Labute approximate surface area is 77.3 Å². The molecule has 1 heteroatoms. The van der Waals surface area contributed by atoms with E-state index in [9.17, 15) is 0 Å². The van der Waals surface area contributed by atoms with Crippen LogP contribution >= 0.6 is 0 Å².